The van der Waals surface area contributed by atoms with Gasteiger partial charge in [0, 0.05) is 37.9 Å². The van der Waals surface area contributed by atoms with Gasteiger partial charge in [0.1, 0.15) is 0 Å². The van der Waals surface area contributed by atoms with E-state index in [1.807, 2.05) is 31.3 Å². The summed E-state index contributed by atoms with van der Waals surface area (Å²) in [5.74, 6) is 6.35. The summed E-state index contributed by atoms with van der Waals surface area (Å²) in [6, 6.07) is 7.36. The zero-order chi connectivity index (χ0) is 15.1. The Morgan fingerprint density at radius 2 is 2.00 bits per heavy atom. The molecule has 0 atom stereocenters. The van der Waals surface area contributed by atoms with E-state index in [4.69, 9.17) is 10.5 Å². The van der Waals surface area contributed by atoms with Crippen molar-refractivity contribution in [1.82, 2.24) is 4.90 Å². The second-order valence-corrected chi connectivity index (χ2v) is 5.32. The molecule has 1 saturated heterocycles. The van der Waals surface area contributed by atoms with Gasteiger partial charge in [-0.05, 0) is 43.0 Å². The van der Waals surface area contributed by atoms with Gasteiger partial charge >= 0.3 is 0 Å². The van der Waals surface area contributed by atoms with Gasteiger partial charge in [-0.2, -0.15) is 0 Å². The highest BCUT2D eigenvalue weighted by Gasteiger charge is 2.19. The van der Waals surface area contributed by atoms with E-state index in [-0.39, 0.29) is 5.91 Å². The Morgan fingerprint density at radius 1 is 1.33 bits per heavy atom. The van der Waals surface area contributed by atoms with Crippen molar-refractivity contribution in [1.29, 1.82) is 0 Å². The number of amides is 1. The molecule has 0 radical (unpaired) electrons. The topological polar surface area (TPSA) is 55.6 Å². The molecule has 0 aliphatic carbocycles. The number of hydrogen-bond acceptors (Lipinski definition) is 3. The van der Waals surface area contributed by atoms with Gasteiger partial charge in [-0.1, -0.05) is 11.8 Å². The van der Waals surface area contributed by atoms with Gasteiger partial charge in [0.2, 0.25) is 0 Å². The lowest BCUT2D eigenvalue weighted by atomic mass is 9.99. The molecular formula is C17H22N2O2. The molecule has 0 unspecified atom stereocenters. The Morgan fingerprint density at radius 3 is 2.62 bits per heavy atom. The molecule has 0 spiro atoms. The molecule has 1 aliphatic heterocycles. The van der Waals surface area contributed by atoms with Gasteiger partial charge in [0.15, 0.2) is 0 Å². The lowest BCUT2D eigenvalue weighted by molar-refractivity contribution is 0.0497. The minimum Gasteiger partial charge on any atom is -0.381 e. The van der Waals surface area contributed by atoms with Crippen molar-refractivity contribution in [2.45, 2.75) is 12.8 Å². The smallest absolute Gasteiger partial charge is 0.253 e. The lowest BCUT2D eigenvalue weighted by Gasteiger charge is -2.27. The van der Waals surface area contributed by atoms with Crippen LogP contribution < -0.4 is 5.73 Å². The van der Waals surface area contributed by atoms with Gasteiger partial charge in [-0.3, -0.25) is 4.79 Å². The second-order valence-electron chi connectivity index (χ2n) is 5.32. The third-order valence-electron chi connectivity index (χ3n) is 3.69. The van der Waals surface area contributed by atoms with E-state index in [0.29, 0.717) is 18.0 Å². The zero-order valence-corrected chi connectivity index (χ0v) is 12.5. The summed E-state index contributed by atoms with van der Waals surface area (Å²) in [7, 11) is 1.86. The van der Waals surface area contributed by atoms with E-state index in [9.17, 15) is 4.79 Å². The van der Waals surface area contributed by atoms with Crippen LogP contribution in [0.3, 0.4) is 0 Å². The van der Waals surface area contributed by atoms with Crippen molar-refractivity contribution in [3.8, 4) is 11.8 Å². The quantitative estimate of drug-likeness (QED) is 0.857. The van der Waals surface area contributed by atoms with E-state index in [0.717, 1.165) is 38.2 Å². The Balaban J connectivity index is 1.94. The fraction of sp³-hybridized carbons (Fsp3) is 0.471. The van der Waals surface area contributed by atoms with Crippen LogP contribution in [0.25, 0.3) is 0 Å². The number of carbonyl (C=O) groups is 1. The normalized spacial score (nSPS) is 15.1. The maximum atomic E-state index is 12.4. The van der Waals surface area contributed by atoms with Gasteiger partial charge in [-0.15, -0.1) is 0 Å². The van der Waals surface area contributed by atoms with Crippen LogP contribution in [0.5, 0.6) is 0 Å². The van der Waals surface area contributed by atoms with Crippen molar-refractivity contribution >= 4 is 5.91 Å². The standard InChI is InChI=1S/C17H22N2O2/c1-19(13-15-8-11-21-12-9-15)17(20)16-6-4-14(5-7-16)3-2-10-18/h4-7,15H,8-13,18H2,1H3. The first-order valence-electron chi connectivity index (χ1n) is 7.33. The molecule has 1 fully saturated rings. The Labute approximate surface area is 126 Å². The number of nitrogens with two attached hydrogens (primary N) is 1. The fourth-order valence-corrected chi connectivity index (χ4v) is 2.47. The van der Waals surface area contributed by atoms with Crippen molar-refractivity contribution in [3.05, 3.63) is 35.4 Å². The third-order valence-corrected chi connectivity index (χ3v) is 3.69. The first-order chi connectivity index (χ1) is 10.2. The van der Waals surface area contributed by atoms with Crippen LogP contribution in [0.2, 0.25) is 0 Å². The number of nitrogens with zero attached hydrogens (tertiary/aromatic N) is 1. The summed E-state index contributed by atoms with van der Waals surface area (Å²) in [6.07, 6.45) is 2.07. The minimum absolute atomic E-state index is 0.0554. The number of benzene rings is 1. The van der Waals surface area contributed by atoms with E-state index in [1.54, 1.807) is 4.90 Å². The maximum absolute atomic E-state index is 12.4. The first kappa shape index (κ1) is 15.6. The largest absolute Gasteiger partial charge is 0.381 e. The first-order valence-corrected chi connectivity index (χ1v) is 7.33. The van der Waals surface area contributed by atoms with Gasteiger partial charge in [-0.25, -0.2) is 0 Å². The molecule has 1 aliphatic rings. The molecule has 1 amide bonds. The van der Waals surface area contributed by atoms with Crippen LogP contribution in [0.1, 0.15) is 28.8 Å². The van der Waals surface area contributed by atoms with Crippen LogP contribution in [-0.4, -0.2) is 44.2 Å². The molecule has 1 aromatic rings. The molecule has 2 N–H and O–H groups in total. The maximum Gasteiger partial charge on any atom is 0.253 e. The predicted octanol–water partition coefficient (Wildman–Crippen LogP) is 1.50. The molecule has 0 aromatic heterocycles. The zero-order valence-electron chi connectivity index (χ0n) is 12.5. The lowest BCUT2D eigenvalue weighted by Crippen LogP contribution is -2.34. The summed E-state index contributed by atoms with van der Waals surface area (Å²) in [6.45, 7) is 2.74. The van der Waals surface area contributed by atoms with Crippen molar-refractivity contribution in [3.63, 3.8) is 0 Å². The molecule has 0 saturated carbocycles. The average molecular weight is 286 g/mol. The van der Waals surface area contributed by atoms with Crippen LogP contribution in [0, 0.1) is 17.8 Å². The number of carbonyl (C=O) groups excluding carboxylic acids is 1. The molecule has 4 nitrogen and oxygen atoms in total. The molecule has 21 heavy (non-hydrogen) atoms. The van der Waals surface area contributed by atoms with Gasteiger partial charge < -0.3 is 15.4 Å². The van der Waals surface area contributed by atoms with Crippen molar-refractivity contribution in [2.24, 2.45) is 11.7 Å². The number of ether oxygens (including phenoxy) is 1. The Hall–Kier alpha value is -1.83. The van der Waals surface area contributed by atoms with E-state index >= 15 is 0 Å². The predicted molar refractivity (Wildman–Crippen MR) is 82.9 cm³/mol. The molecule has 4 heteroatoms. The number of hydrogen-bond donors (Lipinski definition) is 1. The van der Waals surface area contributed by atoms with E-state index in [2.05, 4.69) is 11.8 Å². The highest BCUT2D eigenvalue weighted by Crippen LogP contribution is 2.16. The Bertz CT molecular complexity index is 522. The third kappa shape index (κ3) is 4.59. The molecular weight excluding hydrogens is 264 g/mol. The monoisotopic (exact) mass is 286 g/mol. The van der Waals surface area contributed by atoms with Crippen LogP contribution in [0.4, 0.5) is 0 Å². The summed E-state index contributed by atoms with van der Waals surface area (Å²) in [5.41, 5.74) is 6.92. The Kier molecular flexibility index (Phi) is 5.79. The van der Waals surface area contributed by atoms with E-state index < -0.39 is 0 Å². The SMILES string of the molecule is CN(CC1CCOCC1)C(=O)c1ccc(C#CCN)cc1. The highest BCUT2D eigenvalue weighted by atomic mass is 16.5. The molecule has 112 valence electrons. The van der Waals surface area contributed by atoms with Gasteiger partial charge in [0.05, 0.1) is 6.54 Å². The molecule has 2 rings (SSSR count). The highest BCUT2D eigenvalue weighted by molar-refractivity contribution is 5.94. The second kappa shape index (κ2) is 7.82. The van der Waals surface area contributed by atoms with E-state index in [1.165, 1.54) is 0 Å². The summed E-state index contributed by atoms with van der Waals surface area (Å²) in [5, 5.41) is 0. The van der Waals surface area contributed by atoms with Crippen molar-refractivity contribution in [2.75, 3.05) is 33.4 Å². The summed E-state index contributed by atoms with van der Waals surface area (Å²) >= 11 is 0. The van der Waals surface area contributed by atoms with Crippen molar-refractivity contribution < 1.29 is 9.53 Å². The fourth-order valence-electron chi connectivity index (χ4n) is 2.47. The van der Waals surface area contributed by atoms with Crippen LogP contribution >= 0.6 is 0 Å². The van der Waals surface area contributed by atoms with Crippen LogP contribution in [-0.2, 0) is 4.74 Å². The molecule has 1 heterocycles. The van der Waals surface area contributed by atoms with Gasteiger partial charge in [0.25, 0.3) is 5.91 Å². The minimum atomic E-state index is 0.0554. The molecule has 0 bridgehead atoms. The average Bonchev–Trinajstić information content (AvgIpc) is 2.53. The molecule has 1 aromatic carbocycles. The number of rotatable bonds is 3. The summed E-state index contributed by atoms with van der Waals surface area (Å²) in [4.78, 5) is 14.2. The summed E-state index contributed by atoms with van der Waals surface area (Å²) < 4.78 is 5.35. The van der Waals surface area contributed by atoms with Crippen LogP contribution in [0.15, 0.2) is 24.3 Å².